The highest BCUT2D eigenvalue weighted by Crippen LogP contribution is 2.34. The Kier molecular flexibility index (Phi) is 3.60. The third-order valence-electron chi connectivity index (χ3n) is 3.94. The number of ether oxygens (including phenoxy) is 2. The van der Waals surface area contributed by atoms with Gasteiger partial charge in [0.2, 0.25) is 6.79 Å². The predicted octanol–water partition coefficient (Wildman–Crippen LogP) is 1.64. The average Bonchev–Trinajstić information content (AvgIpc) is 2.88. The summed E-state index contributed by atoms with van der Waals surface area (Å²) >= 11 is 0. The van der Waals surface area contributed by atoms with Crippen LogP contribution in [0.25, 0.3) is 0 Å². The van der Waals surface area contributed by atoms with Crippen molar-refractivity contribution in [3.63, 3.8) is 0 Å². The lowest BCUT2D eigenvalue weighted by Gasteiger charge is -2.27. The molecule has 1 atom stereocenters. The van der Waals surface area contributed by atoms with Gasteiger partial charge in [-0.3, -0.25) is 0 Å². The Labute approximate surface area is 119 Å². The highest BCUT2D eigenvalue weighted by atomic mass is 32.2. The fourth-order valence-corrected chi connectivity index (χ4v) is 4.18. The van der Waals surface area contributed by atoms with E-state index >= 15 is 0 Å². The first-order valence-corrected chi connectivity index (χ1v) is 8.72. The van der Waals surface area contributed by atoms with Gasteiger partial charge in [0.25, 0.3) is 0 Å². The average molecular weight is 297 g/mol. The molecule has 0 radical (unpaired) electrons. The number of benzene rings is 1. The number of rotatable bonds is 3. The molecule has 2 heterocycles. The number of sulfone groups is 1. The van der Waals surface area contributed by atoms with E-state index in [0.29, 0.717) is 24.3 Å². The van der Waals surface area contributed by atoms with Crippen LogP contribution in [-0.2, 0) is 9.84 Å². The Morgan fingerprint density at radius 1 is 1.20 bits per heavy atom. The third-order valence-corrected chi connectivity index (χ3v) is 5.65. The van der Waals surface area contributed by atoms with Gasteiger partial charge in [0.15, 0.2) is 11.5 Å². The molecule has 20 heavy (non-hydrogen) atoms. The molecule has 1 unspecified atom stereocenters. The molecule has 1 N–H and O–H groups in total. The van der Waals surface area contributed by atoms with E-state index in [4.69, 9.17) is 9.47 Å². The lowest BCUT2D eigenvalue weighted by atomic mass is 10.0. The summed E-state index contributed by atoms with van der Waals surface area (Å²) in [6.45, 7) is 2.36. The van der Waals surface area contributed by atoms with Gasteiger partial charge < -0.3 is 14.8 Å². The van der Waals surface area contributed by atoms with Crippen LogP contribution in [0.1, 0.15) is 31.4 Å². The predicted molar refractivity (Wildman–Crippen MR) is 75.8 cm³/mol. The summed E-state index contributed by atoms with van der Waals surface area (Å²) < 4.78 is 33.5. The van der Waals surface area contributed by atoms with Crippen LogP contribution in [0.4, 0.5) is 0 Å². The van der Waals surface area contributed by atoms with Crippen LogP contribution < -0.4 is 14.8 Å². The van der Waals surface area contributed by atoms with Gasteiger partial charge in [-0.1, -0.05) is 6.07 Å². The molecule has 1 fully saturated rings. The molecule has 0 spiro atoms. The highest BCUT2D eigenvalue weighted by Gasteiger charge is 2.25. The van der Waals surface area contributed by atoms with Crippen molar-refractivity contribution >= 4 is 9.84 Å². The quantitative estimate of drug-likeness (QED) is 0.919. The monoisotopic (exact) mass is 297 g/mol. The molecule has 0 aromatic heterocycles. The van der Waals surface area contributed by atoms with Gasteiger partial charge in [-0.25, -0.2) is 8.42 Å². The summed E-state index contributed by atoms with van der Waals surface area (Å²) in [5.74, 6) is 2.14. The number of fused-ring (bicyclic) bond motifs is 1. The first kappa shape index (κ1) is 13.7. The zero-order valence-electron chi connectivity index (χ0n) is 11.5. The Bertz CT molecular complexity index is 585. The van der Waals surface area contributed by atoms with Crippen molar-refractivity contribution in [1.82, 2.24) is 5.32 Å². The SMILES string of the molecule is CC(NC1CCS(=O)(=O)CC1)c1ccc2c(c1)OCO2. The summed E-state index contributed by atoms with van der Waals surface area (Å²) in [5.41, 5.74) is 1.13. The molecule has 2 aliphatic heterocycles. The Hall–Kier alpha value is -1.27. The minimum atomic E-state index is -2.80. The van der Waals surface area contributed by atoms with E-state index in [0.717, 1.165) is 17.1 Å². The summed E-state index contributed by atoms with van der Waals surface area (Å²) in [5, 5.41) is 3.50. The van der Waals surface area contributed by atoms with Crippen LogP contribution >= 0.6 is 0 Å². The zero-order chi connectivity index (χ0) is 14.2. The van der Waals surface area contributed by atoms with Crippen LogP contribution in [0.5, 0.6) is 11.5 Å². The number of hydrogen-bond donors (Lipinski definition) is 1. The van der Waals surface area contributed by atoms with E-state index in [1.165, 1.54) is 0 Å². The fraction of sp³-hybridized carbons (Fsp3) is 0.571. The van der Waals surface area contributed by atoms with Crippen molar-refractivity contribution in [3.8, 4) is 11.5 Å². The summed E-state index contributed by atoms with van der Waals surface area (Å²) in [6, 6.07) is 6.35. The van der Waals surface area contributed by atoms with Gasteiger partial charge in [-0.15, -0.1) is 0 Å². The third kappa shape index (κ3) is 2.91. The number of hydrogen-bond acceptors (Lipinski definition) is 5. The van der Waals surface area contributed by atoms with Crippen molar-refractivity contribution in [2.45, 2.75) is 31.8 Å². The van der Waals surface area contributed by atoms with E-state index in [1.807, 2.05) is 18.2 Å². The second-order valence-electron chi connectivity index (χ2n) is 5.43. The standard InChI is InChI=1S/C14H19NO4S/c1-10(15-12-4-6-20(16,17)7-5-12)11-2-3-13-14(8-11)19-9-18-13/h2-3,8,10,12,15H,4-7,9H2,1H3. The van der Waals surface area contributed by atoms with Crippen molar-refractivity contribution in [3.05, 3.63) is 23.8 Å². The maximum atomic E-state index is 11.4. The largest absolute Gasteiger partial charge is 0.454 e. The second kappa shape index (κ2) is 5.26. The first-order chi connectivity index (χ1) is 9.53. The molecule has 5 nitrogen and oxygen atoms in total. The van der Waals surface area contributed by atoms with E-state index in [9.17, 15) is 8.42 Å². The molecule has 0 bridgehead atoms. The molecular weight excluding hydrogens is 278 g/mol. The normalized spacial score (nSPS) is 22.6. The smallest absolute Gasteiger partial charge is 0.231 e. The zero-order valence-corrected chi connectivity index (χ0v) is 12.3. The van der Waals surface area contributed by atoms with Crippen molar-refractivity contribution < 1.29 is 17.9 Å². The van der Waals surface area contributed by atoms with Gasteiger partial charge >= 0.3 is 0 Å². The minimum absolute atomic E-state index is 0.162. The van der Waals surface area contributed by atoms with Gasteiger partial charge in [-0.2, -0.15) is 0 Å². The van der Waals surface area contributed by atoms with E-state index in [2.05, 4.69) is 12.2 Å². The summed E-state index contributed by atoms with van der Waals surface area (Å²) in [7, 11) is -2.80. The molecule has 0 aliphatic carbocycles. The minimum Gasteiger partial charge on any atom is -0.454 e. The van der Waals surface area contributed by atoms with Crippen LogP contribution in [0.3, 0.4) is 0 Å². The van der Waals surface area contributed by atoms with Crippen LogP contribution in [0.2, 0.25) is 0 Å². The number of nitrogens with one attached hydrogen (secondary N) is 1. The molecule has 1 aromatic carbocycles. The molecule has 3 rings (SSSR count). The Balaban J connectivity index is 1.63. The van der Waals surface area contributed by atoms with Gasteiger partial charge in [-0.05, 0) is 37.5 Å². The van der Waals surface area contributed by atoms with Crippen molar-refractivity contribution in [1.29, 1.82) is 0 Å². The van der Waals surface area contributed by atoms with E-state index in [1.54, 1.807) is 0 Å². The highest BCUT2D eigenvalue weighted by molar-refractivity contribution is 7.91. The molecular formula is C14H19NO4S. The fourth-order valence-electron chi connectivity index (χ4n) is 2.69. The lowest BCUT2D eigenvalue weighted by Crippen LogP contribution is -2.38. The topological polar surface area (TPSA) is 64.6 Å². The second-order valence-corrected chi connectivity index (χ2v) is 7.73. The Morgan fingerprint density at radius 3 is 2.65 bits per heavy atom. The van der Waals surface area contributed by atoms with Crippen molar-refractivity contribution in [2.24, 2.45) is 0 Å². The molecule has 110 valence electrons. The molecule has 0 saturated carbocycles. The van der Waals surface area contributed by atoms with E-state index < -0.39 is 9.84 Å². The van der Waals surface area contributed by atoms with E-state index in [-0.39, 0.29) is 18.9 Å². The Morgan fingerprint density at radius 2 is 1.90 bits per heavy atom. The summed E-state index contributed by atoms with van der Waals surface area (Å²) in [4.78, 5) is 0. The van der Waals surface area contributed by atoms with Crippen LogP contribution in [-0.4, -0.2) is 32.8 Å². The van der Waals surface area contributed by atoms with Gasteiger partial charge in [0, 0.05) is 12.1 Å². The van der Waals surface area contributed by atoms with Crippen LogP contribution in [0, 0.1) is 0 Å². The molecule has 1 saturated heterocycles. The molecule has 1 aromatic rings. The molecule has 2 aliphatic rings. The summed E-state index contributed by atoms with van der Waals surface area (Å²) in [6.07, 6.45) is 1.38. The van der Waals surface area contributed by atoms with Crippen LogP contribution in [0.15, 0.2) is 18.2 Å². The molecule has 6 heteroatoms. The van der Waals surface area contributed by atoms with Crippen molar-refractivity contribution in [2.75, 3.05) is 18.3 Å². The first-order valence-electron chi connectivity index (χ1n) is 6.89. The van der Waals surface area contributed by atoms with Gasteiger partial charge in [0.1, 0.15) is 9.84 Å². The maximum Gasteiger partial charge on any atom is 0.231 e. The lowest BCUT2D eigenvalue weighted by molar-refractivity contribution is 0.174. The maximum absolute atomic E-state index is 11.4. The molecule has 0 amide bonds. The van der Waals surface area contributed by atoms with Gasteiger partial charge in [0.05, 0.1) is 11.5 Å².